The van der Waals surface area contributed by atoms with Crippen molar-refractivity contribution in [3.05, 3.63) is 30.3 Å². The lowest BCUT2D eigenvalue weighted by molar-refractivity contribution is -0.143. The summed E-state index contributed by atoms with van der Waals surface area (Å²) in [6, 6.07) is 9.84. The number of esters is 1. The molecule has 1 aromatic carbocycles. The highest BCUT2D eigenvalue weighted by molar-refractivity contribution is 5.75. The van der Waals surface area contributed by atoms with Gasteiger partial charge in [0.05, 0.1) is 7.11 Å². The minimum Gasteiger partial charge on any atom is -0.468 e. The smallest absolute Gasteiger partial charge is 0.322 e. The Kier molecular flexibility index (Phi) is 5.49. The first-order valence-electron chi connectivity index (χ1n) is 5.70. The minimum absolute atomic E-state index is 0.214. The van der Waals surface area contributed by atoms with E-state index >= 15 is 0 Å². The summed E-state index contributed by atoms with van der Waals surface area (Å²) in [7, 11) is 5.19. The van der Waals surface area contributed by atoms with Gasteiger partial charge in [-0.15, -0.1) is 0 Å². The first-order chi connectivity index (χ1) is 8.19. The zero-order chi connectivity index (χ0) is 12.7. The SMILES string of the molecule is CNC(CCN(C)c1ccccc1)C(=O)OC. The van der Waals surface area contributed by atoms with Crippen LogP contribution >= 0.6 is 0 Å². The van der Waals surface area contributed by atoms with Crippen LogP contribution in [0.2, 0.25) is 0 Å². The molecule has 0 aliphatic carbocycles. The molecule has 0 heterocycles. The molecule has 17 heavy (non-hydrogen) atoms. The maximum Gasteiger partial charge on any atom is 0.322 e. The van der Waals surface area contributed by atoms with Crippen molar-refractivity contribution >= 4 is 11.7 Å². The van der Waals surface area contributed by atoms with Crippen LogP contribution in [0.25, 0.3) is 0 Å². The molecule has 1 unspecified atom stereocenters. The first kappa shape index (κ1) is 13.5. The number of ether oxygens (including phenoxy) is 1. The Hall–Kier alpha value is -1.55. The van der Waals surface area contributed by atoms with Crippen molar-refractivity contribution in [1.29, 1.82) is 0 Å². The van der Waals surface area contributed by atoms with Crippen molar-refractivity contribution in [2.75, 3.05) is 32.6 Å². The molecule has 0 saturated carbocycles. The van der Waals surface area contributed by atoms with Gasteiger partial charge in [0.15, 0.2) is 0 Å². The molecule has 1 rings (SSSR count). The Morgan fingerprint density at radius 2 is 2.06 bits per heavy atom. The molecule has 0 aliphatic rings. The number of methoxy groups -OCH3 is 1. The number of carbonyl (C=O) groups is 1. The minimum atomic E-state index is -0.244. The predicted octanol–water partition coefficient (Wildman–Crippen LogP) is 1.27. The number of para-hydroxylation sites is 1. The van der Waals surface area contributed by atoms with E-state index < -0.39 is 0 Å². The number of likely N-dealkylation sites (N-methyl/N-ethyl adjacent to an activating group) is 1. The number of benzene rings is 1. The standard InChI is InChI=1S/C13H20N2O2/c1-14-12(13(16)17-3)9-10-15(2)11-7-5-4-6-8-11/h4-8,12,14H,9-10H2,1-3H3. The van der Waals surface area contributed by atoms with Crippen LogP contribution in [0.5, 0.6) is 0 Å². The monoisotopic (exact) mass is 236 g/mol. The van der Waals surface area contributed by atoms with E-state index in [1.807, 2.05) is 37.4 Å². The normalized spacial score (nSPS) is 11.9. The third kappa shape index (κ3) is 4.07. The highest BCUT2D eigenvalue weighted by Gasteiger charge is 2.16. The fourth-order valence-electron chi connectivity index (χ4n) is 1.66. The van der Waals surface area contributed by atoms with Crippen LogP contribution in [0.1, 0.15) is 6.42 Å². The molecule has 0 spiro atoms. The van der Waals surface area contributed by atoms with Gasteiger partial charge in [-0.25, -0.2) is 0 Å². The Balaban J connectivity index is 2.47. The van der Waals surface area contributed by atoms with Gasteiger partial charge in [-0.05, 0) is 25.6 Å². The van der Waals surface area contributed by atoms with Gasteiger partial charge in [0.25, 0.3) is 0 Å². The van der Waals surface area contributed by atoms with Crippen LogP contribution in [0, 0.1) is 0 Å². The quantitative estimate of drug-likeness (QED) is 0.755. The number of hydrogen-bond acceptors (Lipinski definition) is 4. The molecule has 1 N–H and O–H groups in total. The molecule has 0 aliphatic heterocycles. The second-order valence-electron chi connectivity index (χ2n) is 3.91. The van der Waals surface area contributed by atoms with Gasteiger partial charge in [-0.1, -0.05) is 18.2 Å². The van der Waals surface area contributed by atoms with E-state index in [2.05, 4.69) is 10.2 Å². The van der Waals surface area contributed by atoms with Crippen LogP contribution in [-0.4, -0.2) is 39.8 Å². The fraction of sp³-hybridized carbons (Fsp3) is 0.462. The largest absolute Gasteiger partial charge is 0.468 e. The molecule has 4 nitrogen and oxygen atoms in total. The van der Waals surface area contributed by atoms with E-state index in [-0.39, 0.29) is 12.0 Å². The van der Waals surface area contributed by atoms with Gasteiger partial charge in [0, 0.05) is 19.3 Å². The molecule has 0 bridgehead atoms. The van der Waals surface area contributed by atoms with Crippen LogP contribution in [0.15, 0.2) is 30.3 Å². The van der Waals surface area contributed by atoms with E-state index in [0.717, 1.165) is 12.2 Å². The Morgan fingerprint density at radius 3 is 2.59 bits per heavy atom. The lowest BCUT2D eigenvalue weighted by Crippen LogP contribution is -2.38. The zero-order valence-corrected chi connectivity index (χ0v) is 10.6. The number of nitrogens with one attached hydrogen (secondary N) is 1. The summed E-state index contributed by atoms with van der Waals surface area (Å²) in [5.74, 6) is -0.214. The summed E-state index contributed by atoms with van der Waals surface area (Å²) in [6.45, 7) is 0.796. The van der Waals surface area contributed by atoms with Crippen molar-refractivity contribution in [3.8, 4) is 0 Å². The number of hydrogen-bond donors (Lipinski definition) is 1. The second-order valence-corrected chi connectivity index (χ2v) is 3.91. The summed E-state index contributed by atoms with van der Waals surface area (Å²) in [6.07, 6.45) is 0.717. The summed E-state index contributed by atoms with van der Waals surface area (Å²) in [5, 5.41) is 2.96. The molecule has 0 amide bonds. The molecular formula is C13H20N2O2. The van der Waals surface area contributed by atoms with E-state index in [4.69, 9.17) is 4.74 Å². The van der Waals surface area contributed by atoms with Crippen molar-refractivity contribution in [3.63, 3.8) is 0 Å². The molecular weight excluding hydrogens is 216 g/mol. The summed E-state index contributed by atoms with van der Waals surface area (Å²) >= 11 is 0. The number of rotatable bonds is 6. The maximum atomic E-state index is 11.4. The van der Waals surface area contributed by atoms with Gasteiger partial charge < -0.3 is 15.0 Å². The topological polar surface area (TPSA) is 41.6 Å². The number of carbonyl (C=O) groups excluding carboxylic acids is 1. The average molecular weight is 236 g/mol. The highest BCUT2D eigenvalue weighted by atomic mass is 16.5. The van der Waals surface area contributed by atoms with E-state index in [1.54, 1.807) is 7.05 Å². The van der Waals surface area contributed by atoms with E-state index in [0.29, 0.717) is 6.42 Å². The van der Waals surface area contributed by atoms with Crippen molar-refractivity contribution in [2.45, 2.75) is 12.5 Å². The Bertz CT molecular complexity index is 341. The lowest BCUT2D eigenvalue weighted by Gasteiger charge is -2.21. The van der Waals surface area contributed by atoms with Crippen LogP contribution in [0.3, 0.4) is 0 Å². The van der Waals surface area contributed by atoms with Gasteiger partial charge >= 0.3 is 5.97 Å². The summed E-state index contributed by atoms with van der Waals surface area (Å²) in [4.78, 5) is 13.5. The van der Waals surface area contributed by atoms with Crippen molar-refractivity contribution < 1.29 is 9.53 Å². The van der Waals surface area contributed by atoms with E-state index in [1.165, 1.54) is 7.11 Å². The van der Waals surface area contributed by atoms with Gasteiger partial charge in [0.1, 0.15) is 6.04 Å². The summed E-state index contributed by atoms with van der Waals surface area (Å²) < 4.78 is 4.72. The zero-order valence-electron chi connectivity index (χ0n) is 10.6. The molecule has 0 aromatic heterocycles. The molecule has 0 radical (unpaired) electrons. The Labute approximate surface area is 103 Å². The van der Waals surface area contributed by atoms with Gasteiger partial charge in [-0.2, -0.15) is 0 Å². The third-order valence-electron chi connectivity index (χ3n) is 2.78. The Morgan fingerprint density at radius 1 is 1.41 bits per heavy atom. The molecule has 1 aromatic rings. The average Bonchev–Trinajstić information content (AvgIpc) is 2.39. The first-order valence-corrected chi connectivity index (χ1v) is 5.70. The van der Waals surface area contributed by atoms with Gasteiger partial charge in [-0.3, -0.25) is 4.79 Å². The molecule has 4 heteroatoms. The lowest BCUT2D eigenvalue weighted by atomic mass is 10.2. The molecule has 0 saturated heterocycles. The fourth-order valence-corrected chi connectivity index (χ4v) is 1.66. The van der Waals surface area contributed by atoms with Crippen LogP contribution in [0.4, 0.5) is 5.69 Å². The predicted molar refractivity (Wildman–Crippen MR) is 69.2 cm³/mol. The van der Waals surface area contributed by atoms with E-state index in [9.17, 15) is 4.79 Å². The van der Waals surface area contributed by atoms with Crippen molar-refractivity contribution in [1.82, 2.24) is 5.32 Å². The molecule has 1 atom stereocenters. The van der Waals surface area contributed by atoms with Crippen LogP contribution in [-0.2, 0) is 9.53 Å². The number of nitrogens with zero attached hydrogens (tertiary/aromatic N) is 1. The van der Waals surface area contributed by atoms with Crippen molar-refractivity contribution in [2.24, 2.45) is 0 Å². The summed E-state index contributed by atoms with van der Waals surface area (Å²) in [5.41, 5.74) is 1.15. The van der Waals surface area contributed by atoms with Crippen LogP contribution < -0.4 is 10.2 Å². The number of anilines is 1. The third-order valence-corrected chi connectivity index (χ3v) is 2.78. The molecule has 94 valence electrons. The van der Waals surface area contributed by atoms with Gasteiger partial charge in [0.2, 0.25) is 0 Å². The second kappa shape index (κ2) is 6.91. The maximum absolute atomic E-state index is 11.4. The highest BCUT2D eigenvalue weighted by Crippen LogP contribution is 2.11. The molecule has 0 fully saturated rings.